The summed E-state index contributed by atoms with van der Waals surface area (Å²) in [5.74, 6) is -1.62. The lowest BCUT2D eigenvalue weighted by atomic mass is 9.78. The van der Waals surface area contributed by atoms with Gasteiger partial charge in [0.25, 0.3) is 5.91 Å². The highest BCUT2D eigenvalue weighted by Crippen LogP contribution is 2.61. The van der Waals surface area contributed by atoms with Gasteiger partial charge in [0.2, 0.25) is 5.91 Å². The van der Waals surface area contributed by atoms with Crippen LogP contribution in [0.15, 0.2) is 48.6 Å². The molecule has 1 aromatic rings. The molecule has 1 aromatic carbocycles. The molecule has 4 aliphatic heterocycles. The lowest BCUT2D eigenvalue weighted by molar-refractivity contribution is -0.153. The minimum Gasteiger partial charge on any atom is -0.497 e. The number of hydrogen-bond donors (Lipinski definition) is 1. The molecule has 186 valence electrons. The first kappa shape index (κ1) is 23.9. The van der Waals surface area contributed by atoms with Crippen molar-refractivity contribution in [2.45, 2.75) is 41.8 Å². The Hall–Kier alpha value is -2.78. The average Bonchev–Trinajstić information content (AvgIpc) is 3.24. The van der Waals surface area contributed by atoms with Crippen LogP contribution in [0, 0.1) is 11.8 Å². The fourth-order valence-corrected chi connectivity index (χ4v) is 7.84. The molecule has 8 nitrogen and oxygen atoms in total. The van der Waals surface area contributed by atoms with E-state index in [2.05, 4.69) is 0 Å². The van der Waals surface area contributed by atoms with Crippen LogP contribution in [0.3, 0.4) is 0 Å². The van der Waals surface area contributed by atoms with Crippen molar-refractivity contribution in [1.29, 1.82) is 0 Å². The second-order valence-corrected chi connectivity index (χ2v) is 10.8. The maximum Gasteiger partial charge on any atom is 0.311 e. The summed E-state index contributed by atoms with van der Waals surface area (Å²) in [6, 6.07) is 5.85. The zero-order valence-corrected chi connectivity index (χ0v) is 20.6. The van der Waals surface area contributed by atoms with E-state index in [0.29, 0.717) is 30.8 Å². The Balaban J connectivity index is 1.62. The van der Waals surface area contributed by atoms with Crippen molar-refractivity contribution < 1.29 is 29.0 Å². The van der Waals surface area contributed by atoms with Crippen LogP contribution in [0.25, 0.3) is 0 Å². The van der Waals surface area contributed by atoms with Gasteiger partial charge in [0, 0.05) is 17.5 Å². The van der Waals surface area contributed by atoms with E-state index < -0.39 is 34.6 Å². The Labute approximate surface area is 208 Å². The topological polar surface area (TPSA) is 96.4 Å². The summed E-state index contributed by atoms with van der Waals surface area (Å²) in [4.78, 5) is 44.6. The second-order valence-electron chi connectivity index (χ2n) is 9.27. The summed E-state index contributed by atoms with van der Waals surface area (Å²) < 4.78 is 9.82. The van der Waals surface area contributed by atoms with Gasteiger partial charge in [-0.2, -0.15) is 0 Å². The first-order valence-corrected chi connectivity index (χ1v) is 12.9. The molecule has 9 heteroatoms. The number of cyclic esters (lactones) is 1. The maximum absolute atomic E-state index is 14.3. The van der Waals surface area contributed by atoms with E-state index in [1.54, 1.807) is 29.0 Å². The number of likely N-dealkylation sites (tertiary alicyclic amines) is 1. The number of anilines is 1. The predicted octanol–water partition coefficient (Wildman–Crippen LogP) is 2.17. The molecule has 5 rings (SSSR count). The van der Waals surface area contributed by atoms with Crippen molar-refractivity contribution in [2.75, 3.05) is 31.8 Å². The molecule has 0 aromatic heterocycles. The summed E-state index contributed by atoms with van der Waals surface area (Å²) in [6.07, 6.45) is 8.98. The first-order valence-electron chi connectivity index (χ1n) is 12.0. The first-order chi connectivity index (χ1) is 17.0. The van der Waals surface area contributed by atoms with Crippen molar-refractivity contribution >= 4 is 35.2 Å². The molecule has 0 radical (unpaired) electrons. The van der Waals surface area contributed by atoms with Crippen LogP contribution in [0.5, 0.6) is 5.75 Å². The number of fused-ring (bicyclic) bond motifs is 2. The zero-order chi connectivity index (χ0) is 24.7. The standard InChI is InChI=1S/C26H30N2O6S/c1-3-16(15-29)28-22-24(31)27(17-8-10-18(33-2)11-9-17)13-6-12-26(22)21(23(28)30)20-19(35-26)7-4-5-14-34-25(20)32/h4,6-12,16,19-22,29H,3,5,13-15H2,1-2H3/t16-,19+,20-,21-,22?,26-/m0/s1. The number of aliphatic hydroxyl groups is 1. The van der Waals surface area contributed by atoms with Gasteiger partial charge in [-0.15, -0.1) is 11.8 Å². The number of carbonyl (C=O) groups excluding carboxylic acids is 3. The van der Waals surface area contributed by atoms with Crippen molar-refractivity contribution in [3.8, 4) is 5.75 Å². The number of rotatable bonds is 5. The van der Waals surface area contributed by atoms with Crippen molar-refractivity contribution in [3.63, 3.8) is 0 Å². The monoisotopic (exact) mass is 498 g/mol. The number of thioether (sulfide) groups is 1. The van der Waals surface area contributed by atoms with E-state index >= 15 is 0 Å². The maximum atomic E-state index is 14.3. The zero-order valence-electron chi connectivity index (χ0n) is 19.8. The Morgan fingerprint density at radius 2 is 1.97 bits per heavy atom. The third kappa shape index (κ3) is 3.67. The minimum absolute atomic E-state index is 0.220. The smallest absolute Gasteiger partial charge is 0.311 e. The summed E-state index contributed by atoms with van der Waals surface area (Å²) in [5, 5.41) is 9.90. The summed E-state index contributed by atoms with van der Waals surface area (Å²) in [5.41, 5.74) is 0.693. The van der Waals surface area contributed by atoms with E-state index in [1.165, 1.54) is 11.8 Å². The fourth-order valence-electron chi connectivity index (χ4n) is 5.85. The third-order valence-electron chi connectivity index (χ3n) is 7.52. The highest BCUT2D eigenvalue weighted by atomic mass is 32.2. The molecule has 6 atom stereocenters. The lowest BCUT2D eigenvalue weighted by Crippen LogP contribution is -2.56. The quantitative estimate of drug-likeness (QED) is 0.491. The van der Waals surface area contributed by atoms with Gasteiger partial charge in [0.05, 0.1) is 42.9 Å². The number of methoxy groups -OCH3 is 1. The number of ether oxygens (including phenoxy) is 2. The van der Waals surface area contributed by atoms with E-state index in [1.807, 2.05) is 43.4 Å². The molecule has 2 saturated heterocycles. The van der Waals surface area contributed by atoms with Gasteiger partial charge in [0.15, 0.2) is 0 Å². The summed E-state index contributed by atoms with van der Waals surface area (Å²) >= 11 is 1.50. The van der Waals surface area contributed by atoms with Crippen LogP contribution in [0.4, 0.5) is 5.69 Å². The molecule has 4 aliphatic rings. The SMILES string of the molecule is CC[C@@H](CO)N1C(=O)[C@@H]2[C@H]3C(=O)OCCC=C[C@H]3S[C@@]23C=CCN(c2ccc(OC)cc2)C(=O)C13. The molecule has 2 amide bonds. The molecular formula is C26H30N2O6S. The number of esters is 1. The van der Waals surface area contributed by atoms with E-state index in [9.17, 15) is 19.5 Å². The van der Waals surface area contributed by atoms with E-state index in [4.69, 9.17) is 9.47 Å². The van der Waals surface area contributed by atoms with Crippen molar-refractivity contribution in [1.82, 2.24) is 4.90 Å². The van der Waals surface area contributed by atoms with Crippen LogP contribution in [0.2, 0.25) is 0 Å². The van der Waals surface area contributed by atoms with Gasteiger partial charge in [-0.1, -0.05) is 31.2 Å². The Morgan fingerprint density at radius 3 is 2.66 bits per heavy atom. The average molecular weight is 499 g/mol. The van der Waals surface area contributed by atoms with Gasteiger partial charge < -0.3 is 24.4 Å². The Bertz CT molecular complexity index is 1070. The molecular weight excluding hydrogens is 468 g/mol. The highest BCUT2D eigenvalue weighted by molar-refractivity contribution is 8.02. The van der Waals surface area contributed by atoms with Crippen molar-refractivity contribution in [2.24, 2.45) is 11.8 Å². The number of nitrogens with zero attached hydrogens (tertiary/aromatic N) is 2. The molecule has 1 N–H and O–H groups in total. The number of amides is 2. The minimum atomic E-state index is -0.930. The second kappa shape index (κ2) is 9.35. The normalized spacial score (nSPS) is 32.8. The molecule has 4 heterocycles. The summed E-state index contributed by atoms with van der Waals surface area (Å²) in [6.45, 7) is 2.24. The fraction of sp³-hybridized carbons (Fsp3) is 0.500. The van der Waals surface area contributed by atoms with Crippen LogP contribution in [-0.4, -0.2) is 76.7 Å². The molecule has 35 heavy (non-hydrogen) atoms. The van der Waals surface area contributed by atoms with Gasteiger partial charge in [-0.25, -0.2) is 0 Å². The molecule has 0 saturated carbocycles. The van der Waals surface area contributed by atoms with Gasteiger partial charge >= 0.3 is 5.97 Å². The van der Waals surface area contributed by atoms with Crippen LogP contribution >= 0.6 is 11.8 Å². The largest absolute Gasteiger partial charge is 0.497 e. The van der Waals surface area contributed by atoms with Crippen LogP contribution < -0.4 is 9.64 Å². The van der Waals surface area contributed by atoms with Gasteiger partial charge in [0.1, 0.15) is 11.8 Å². The van der Waals surface area contributed by atoms with Gasteiger partial charge in [-0.3, -0.25) is 14.4 Å². The van der Waals surface area contributed by atoms with Crippen LogP contribution in [0.1, 0.15) is 19.8 Å². The number of aliphatic hydroxyl groups excluding tert-OH is 1. The Morgan fingerprint density at radius 1 is 1.20 bits per heavy atom. The lowest BCUT2D eigenvalue weighted by Gasteiger charge is -2.38. The van der Waals surface area contributed by atoms with E-state index in [-0.39, 0.29) is 30.3 Å². The number of hydrogen-bond acceptors (Lipinski definition) is 7. The molecule has 1 spiro atoms. The third-order valence-corrected chi connectivity index (χ3v) is 9.26. The number of carbonyl (C=O) groups is 3. The molecule has 2 fully saturated rings. The van der Waals surface area contributed by atoms with E-state index in [0.717, 1.165) is 0 Å². The van der Waals surface area contributed by atoms with Crippen molar-refractivity contribution in [3.05, 3.63) is 48.6 Å². The van der Waals surface area contributed by atoms with Gasteiger partial charge in [-0.05, 0) is 37.1 Å². The van der Waals surface area contributed by atoms with Crippen LogP contribution in [-0.2, 0) is 19.1 Å². The molecule has 0 aliphatic carbocycles. The number of benzene rings is 1. The highest BCUT2D eigenvalue weighted by Gasteiger charge is 2.71. The molecule has 1 unspecified atom stereocenters. The Kier molecular flexibility index (Phi) is 6.40. The molecule has 0 bridgehead atoms. The summed E-state index contributed by atoms with van der Waals surface area (Å²) in [7, 11) is 1.58. The predicted molar refractivity (Wildman–Crippen MR) is 132 cm³/mol.